The lowest BCUT2D eigenvalue weighted by Gasteiger charge is -2.08. The van der Waals surface area contributed by atoms with Gasteiger partial charge in [0, 0.05) is 0 Å². The summed E-state index contributed by atoms with van der Waals surface area (Å²) in [6.45, 7) is 3.20. The molecule has 0 unspecified atom stereocenters. The summed E-state index contributed by atoms with van der Waals surface area (Å²) in [6.07, 6.45) is 0. The number of carbonyl (C=O) groups excluding carboxylic acids is 1. The molecule has 0 saturated carbocycles. The van der Waals surface area contributed by atoms with E-state index in [1.807, 2.05) is 0 Å². The van der Waals surface area contributed by atoms with E-state index in [4.69, 9.17) is 0 Å². The van der Waals surface area contributed by atoms with Crippen LogP contribution >= 0.6 is 11.3 Å². The molecule has 0 aliphatic carbocycles. The Balaban J connectivity index is 2.40. The van der Waals surface area contributed by atoms with Crippen LogP contribution < -0.4 is 4.72 Å². The zero-order valence-corrected chi connectivity index (χ0v) is 12.7. The molecule has 0 aliphatic rings. The van der Waals surface area contributed by atoms with Gasteiger partial charge in [-0.15, -0.1) is 11.3 Å². The first kappa shape index (κ1) is 14.5. The molecule has 0 bridgehead atoms. The Morgan fingerprint density at radius 1 is 1.45 bits per heavy atom. The van der Waals surface area contributed by atoms with Gasteiger partial charge in [0.15, 0.2) is 0 Å². The van der Waals surface area contributed by atoms with E-state index in [1.54, 1.807) is 19.2 Å². The summed E-state index contributed by atoms with van der Waals surface area (Å²) in [5.41, 5.74) is 0.997. The van der Waals surface area contributed by atoms with Gasteiger partial charge in [-0.2, -0.15) is 5.10 Å². The number of carbonyl (C=O) groups is 1. The van der Waals surface area contributed by atoms with Gasteiger partial charge in [0.2, 0.25) is 0 Å². The number of rotatable bonds is 4. The first-order chi connectivity index (χ1) is 9.36. The molecule has 0 amide bonds. The molecule has 108 valence electrons. The summed E-state index contributed by atoms with van der Waals surface area (Å²) in [6, 6.07) is 1.51. The van der Waals surface area contributed by atoms with Gasteiger partial charge in [-0.05, 0) is 25.3 Å². The van der Waals surface area contributed by atoms with Crippen LogP contribution in [-0.2, 0) is 14.8 Å². The summed E-state index contributed by atoms with van der Waals surface area (Å²) in [5.74, 6) is -0.585. The molecule has 0 fully saturated rings. The van der Waals surface area contributed by atoms with E-state index in [1.165, 1.54) is 13.2 Å². The summed E-state index contributed by atoms with van der Waals surface area (Å²) < 4.78 is 31.7. The van der Waals surface area contributed by atoms with Crippen LogP contribution in [-0.4, -0.2) is 31.7 Å². The fourth-order valence-corrected chi connectivity index (χ4v) is 4.05. The molecule has 0 atom stereocenters. The highest BCUT2D eigenvalue weighted by atomic mass is 32.2. The maximum atomic E-state index is 12.3. The fourth-order valence-electron chi connectivity index (χ4n) is 1.77. The highest BCUT2D eigenvalue weighted by molar-refractivity contribution is 7.92. The van der Waals surface area contributed by atoms with Crippen molar-refractivity contribution in [2.75, 3.05) is 11.8 Å². The van der Waals surface area contributed by atoms with Crippen LogP contribution in [0.5, 0.6) is 0 Å². The number of aromatic nitrogens is 2. The second-order valence-electron chi connectivity index (χ2n) is 4.02. The van der Waals surface area contributed by atoms with E-state index >= 15 is 0 Å². The number of ether oxygens (including phenoxy) is 1. The summed E-state index contributed by atoms with van der Waals surface area (Å²) in [5, 5.41) is 8.08. The summed E-state index contributed by atoms with van der Waals surface area (Å²) in [4.78, 5) is 11.8. The maximum absolute atomic E-state index is 12.3. The molecule has 20 heavy (non-hydrogen) atoms. The number of thiophene rings is 1. The molecule has 2 rings (SSSR count). The predicted molar refractivity (Wildman–Crippen MR) is 74.5 cm³/mol. The molecule has 0 radical (unpaired) electrons. The number of nitrogens with one attached hydrogen (secondary N) is 2. The van der Waals surface area contributed by atoms with Gasteiger partial charge >= 0.3 is 5.97 Å². The van der Waals surface area contributed by atoms with Gasteiger partial charge in [0.25, 0.3) is 10.0 Å². The molecule has 9 heteroatoms. The third-order valence-electron chi connectivity index (χ3n) is 2.61. The monoisotopic (exact) mass is 315 g/mol. The Labute approximate surface area is 120 Å². The number of esters is 1. The SMILES string of the molecule is COC(=O)c1sccc1NS(=O)(=O)c1c(C)n[nH]c1C. The van der Waals surface area contributed by atoms with Crippen molar-refractivity contribution in [2.24, 2.45) is 0 Å². The number of sulfonamides is 1. The Kier molecular flexibility index (Phi) is 3.82. The highest BCUT2D eigenvalue weighted by Crippen LogP contribution is 2.27. The zero-order chi connectivity index (χ0) is 14.9. The largest absolute Gasteiger partial charge is 0.465 e. The fraction of sp³-hybridized carbons (Fsp3) is 0.273. The van der Waals surface area contributed by atoms with Crippen molar-refractivity contribution in [1.29, 1.82) is 0 Å². The van der Waals surface area contributed by atoms with Gasteiger partial charge in [-0.1, -0.05) is 0 Å². The van der Waals surface area contributed by atoms with Crippen molar-refractivity contribution in [1.82, 2.24) is 10.2 Å². The number of H-pyrrole nitrogens is 1. The first-order valence-corrected chi connectivity index (χ1v) is 7.93. The average molecular weight is 315 g/mol. The van der Waals surface area contributed by atoms with Crippen LogP contribution in [0.4, 0.5) is 5.69 Å². The Hall–Kier alpha value is -1.87. The average Bonchev–Trinajstić information content (AvgIpc) is 2.95. The lowest BCUT2D eigenvalue weighted by Crippen LogP contribution is -2.16. The minimum atomic E-state index is -3.81. The van der Waals surface area contributed by atoms with E-state index in [0.29, 0.717) is 11.4 Å². The number of aryl methyl sites for hydroxylation is 2. The second-order valence-corrected chi connectivity index (χ2v) is 6.56. The quantitative estimate of drug-likeness (QED) is 0.836. The lowest BCUT2D eigenvalue weighted by molar-refractivity contribution is 0.0607. The third kappa shape index (κ3) is 2.54. The van der Waals surface area contributed by atoms with Crippen molar-refractivity contribution in [3.8, 4) is 0 Å². The second kappa shape index (κ2) is 5.25. The summed E-state index contributed by atoms with van der Waals surface area (Å²) in [7, 11) is -2.57. The van der Waals surface area contributed by atoms with E-state index in [-0.39, 0.29) is 15.5 Å². The van der Waals surface area contributed by atoms with Crippen LogP contribution in [0, 0.1) is 13.8 Å². The number of hydrogen-bond acceptors (Lipinski definition) is 6. The van der Waals surface area contributed by atoms with Crippen LogP contribution in [0.1, 0.15) is 21.1 Å². The number of nitrogens with zero attached hydrogens (tertiary/aromatic N) is 1. The molecule has 0 saturated heterocycles. The predicted octanol–water partition coefficient (Wildman–Crippen LogP) is 1.68. The molecular weight excluding hydrogens is 302 g/mol. The number of aromatic amines is 1. The van der Waals surface area contributed by atoms with Gasteiger partial charge in [0.05, 0.1) is 24.2 Å². The van der Waals surface area contributed by atoms with Crippen molar-refractivity contribution in [3.63, 3.8) is 0 Å². The van der Waals surface area contributed by atoms with Crippen LogP contribution in [0.3, 0.4) is 0 Å². The smallest absolute Gasteiger partial charge is 0.350 e. The molecule has 2 aromatic heterocycles. The van der Waals surface area contributed by atoms with E-state index < -0.39 is 16.0 Å². The topological polar surface area (TPSA) is 101 Å². The maximum Gasteiger partial charge on any atom is 0.350 e. The van der Waals surface area contributed by atoms with Gasteiger partial charge < -0.3 is 4.74 Å². The minimum absolute atomic E-state index is 0.0829. The van der Waals surface area contributed by atoms with Crippen LogP contribution in [0.2, 0.25) is 0 Å². The third-order valence-corrected chi connectivity index (χ3v) is 5.13. The normalized spacial score (nSPS) is 11.3. The Morgan fingerprint density at radius 2 is 2.15 bits per heavy atom. The Bertz CT molecular complexity index is 726. The molecule has 7 nitrogen and oxygen atoms in total. The molecule has 2 heterocycles. The highest BCUT2D eigenvalue weighted by Gasteiger charge is 2.25. The molecule has 2 aromatic rings. The van der Waals surface area contributed by atoms with Gasteiger partial charge in [0.1, 0.15) is 9.77 Å². The molecule has 0 aromatic carbocycles. The molecule has 2 N–H and O–H groups in total. The van der Waals surface area contributed by atoms with Crippen molar-refractivity contribution in [3.05, 3.63) is 27.7 Å². The van der Waals surface area contributed by atoms with Crippen molar-refractivity contribution >= 4 is 33.0 Å². The van der Waals surface area contributed by atoms with Crippen LogP contribution in [0.25, 0.3) is 0 Å². The summed E-state index contributed by atoms with van der Waals surface area (Å²) >= 11 is 1.10. The number of methoxy groups -OCH3 is 1. The lowest BCUT2D eigenvalue weighted by atomic mass is 10.4. The molecular formula is C11H13N3O4S2. The zero-order valence-electron chi connectivity index (χ0n) is 11.1. The standard InChI is InChI=1S/C11H13N3O4S2/c1-6-10(7(2)13-12-6)20(16,17)14-8-4-5-19-9(8)11(15)18-3/h4-5,14H,1-3H3,(H,12,13). The van der Waals surface area contributed by atoms with Gasteiger partial charge in [-0.25, -0.2) is 13.2 Å². The minimum Gasteiger partial charge on any atom is -0.465 e. The van der Waals surface area contributed by atoms with Crippen LogP contribution in [0.15, 0.2) is 16.3 Å². The van der Waals surface area contributed by atoms with Gasteiger partial charge in [-0.3, -0.25) is 9.82 Å². The molecule has 0 aliphatic heterocycles. The van der Waals surface area contributed by atoms with Crippen molar-refractivity contribution < 1.29 is 17.9 Å². The number of anilines is 1. The van der Waals surface area contributed by atoms with Crippen molar-refractivity contribution in [2.45, 2.75) is 18.7 Å². The first-order valence-electron chi connectivity index (χ1n) is 5.57. The Morgan fingerprint density at radius 3 is 2.70 bits per heavy atom. The van der Waals surface area contributed by atoms with E-state index in [0.717, 1.165) is 11.3 Å². The van der Waals surface area contributed by atoms with E-state index in [9.17, 15) is 13.2 Å². The van der Waals surface area contributed by atoms with E-state index in [2.05, 4.69) is 19.7 Å². The molecule has 0 spiro atoms. The number of hydrogen-bond donors (Lipinski definition) is 2.